The van der Waals surface area contributed by atoms with Crippen LogP contribution in [0.2, 0.25) is 10.2 Å². The van der Waals surface area contributed by atoms with Crippen LogP contribution < -0.4 is 0 Å². The number of carbonyl (C=O) groups excluding carboxylic acids is 1. The topological polar surface area (TPSA) is 51.0 Å². The number of pyridine rings is 1. The van der Waals surface area contributed by atoms with E-state index in [-0.39, 0.29) is 11.9 Å². The summed E-state index contributed by atoms with van der Waals surface area (Å²) >= 11 is 12.5. The van der Waals surface area contributed by atoms with Gasteiger partial charge in [-0.1, -0.05) is 41.4 Å². The van der Waals surface area contributed by atoms with Gasteiger partial charge in [-0.3, -0.25) is 9.78 Å². The summed E-state index contributed by atoms with van der Waals surface area (Å²) < 4.78 is 1.72. The van der Waals surface area contributed by atoms with Crippen molar-refractivity contribution in [1.82, 2.24) is 19.7 Å². The van der Waals surface area contributed by atoms with Gasteiger partial charge < -0.3 is 4.90 Å². The van der Waals surface area contributed by atoms with Gasteiger partial charge >= 0.3 is 0 Å². The molecule has 3 aromatic rings. The molecule has 0 atom stereocenters. The van der Waals surface area contributed by atoms with Crippen LogP contribution in [-0.2, 0) is 17.9 Å². The monoisotopic (exact) mass is 442 g/mol. The largest absolute Gasteiger partial charge is 0.332 e. The fraction of sp³-hybridized carbons (Fsp3) is 0.261. The molecule has 0 fully saturated rings. The molecule has 0 aliphatic rings. The Hall–Kier alpha value is -2.63. The lowest BCUT2D eigenvalue weighted by Crippen LogP contribution is -2.35. The average Bonchev–Trinajstić information content (AvgIpc) is 2.99. The molecule has 0 bridgehead atoms. The summed E-state index contributed by atoms with van der Waals surface area (Å²) in [4.78, 5) is 18.8. The first-order chi connectivity index (χ1) is 14.3. The van der Waals surface area contributed by atoms with Crippen LogP contribution in [-0.4, -0.2) is 31.6 Å². The van der Waals surface area contributed by atoms with Crippen molar-refractivity contribution in [2.24, 2.45) is 0 Å². The second kappa shape index (κ2) is 9.92. The number of hydrogen-bond donors (Lipinski definition) is 0. The molecule has 2 heterocycles. The van der Waals surface area contributed by atoms with Gasteiger partial charge in [0.15, 0.2) is 0 Å². The Balaban J connectivity index is 1.76. The molecule has 0 radical (unpaired) electrons. The summed E-state index contributed by atoms with van der Waals surface area (Å²) in [5.41, 5.74) is 3.53. The van der Waals surface area contributed by atoms with Crippen molar-refractivity contribution < 1.29 is 4.79 Å². The summed E-state index contributed by atoms with van der Waals surface area (Å²) in [6, 6.07) is 11.4. The predicted molar refractivity (Wildman–Crippen MR) is 121 cm³/mol. The number of amides is 1. The molecule has 0 spiro atoms. The third-order valence-corrected chi connectivity index (χ3v) is 5.38. The van der Waals surface area contributed by atoms with Gasteiger partial charge in [0.25, 0.3) is 0 Å². The van der Waals surface area contributed by atoms with E-state index < -0.39 is 0 Å². The fourth-order valence-corrected chi connectivity index (χ4v) is 3.50. The van der Waals surface area contributed by atoms with Crippen molar-refractivity contribution in [2.75, 3.05) is 0 Å². The lowest BCUT2D eigenvalue weighted by molar-refractivity contribution is -0.128. The van der Waals surface area contributed by atoms with Crippen LogP contribution in [0.3, 0.4) is 0 Å². The summed E-state index contributed by atoms with van der Waals surface area (Å²) in [7, 11) is 0. The molecule has 156 valence electrons. The van der Waals surface area contributed by atoms with Crippen LogP contribution in [0.5, 0.6) is 0 Å². The van der Waals surface area contributed by atoms with E-state index in [4.69, 9.17) is 23.2 Å². The van der Waals surface area contributed by atoms with Crippen LogP contribution in [0.15, 0.2) is 54.9 Å². The minimum atomic E-state index is -0.0882. The highest BCUT2D eigenvalue weighted by atomic mass is 35.5. The van der Waals surface area contributed by atoms with Crippen molar-refractivity contribution >= 4 is 35.2 Å². The van der Waals surface area contributed by atoms with Gasteiger partial charge in [0.1, 0.15) is 5.15 Å². The Labute approximate surface area is 186 Å². The first-order valence-corrected chi connectivity index (χ1v) is 10.5. The normalized spacial score (nSPS) is 11.4. The first kappa shape index (κ1) is 22.1. The van der Waals surface area contributed by atoms with Crippen LogP contribution in [0, 0.1) is 6.92 Å². The SMILES string of the molecule is Cc1nn(Cc2ccc(Cl)cc2)c(Cl)c1C=CC(=O)N(Cc1cccnc1)C(C)C. The minimum absolute atomic E-state index is 0.0477. The van der Waals surface area contributed by atoms with Gasteiger partial charge in [-0.15, -0.1) is 0 Å². The van der Waals surface area contributed by atoms with E-state index in [2.05, 4.69) is 10.1 Å². The number of aromatic nitrogens is 3. The fourth-order valence-electron chi connectivity index (χ4n) is 3.08. The van der Waals surface area contributed by atoms with Gasteiger partial charge in [0.2, 0.25) is 5.91 Å². The molecular formula is C23H24Cl2N4O. The number of halogens is 2. The molecule has 5 nitrogen and oxygen atoms in total. The summed E-state index contributed by atoms with van der Waals surface area (Å²) in [6.07, 6.45) is 6.79. The Morgan fingerprint density at radius 3 is 2.53 bits per heavy atom. The maximum atomic E-state index is 12.9. The highest BCUT2D eigenvalue weighted by Crippen LogP contribution is 2.23. The highest BCUT2D eigenvalue weighted by molar-refractivity contribution is 6.31. The third-order valence-electron chi connectivity index (χ3n) is 4.73. The number of aryl methyl sites for hydroxylation is 1. The van der Waals surface area contributed by atoms with E-state index in [1.165, 1.54) is 0 Å². The van der Waals surface area contributed by atoms with E-state index in [1.807, 2.05) is 57.2 Å². The zero-order chi connectivity index (χ0) is 21.7. The van der Waals surface area contributed by atoms with Crippen molar-refractivity contribution in [2.45, 2.75) is 39.9 Å². The van der Waals surface area contributed by atoms with Gasteiger partial charge in [-0.25, -0.2) is 4.68 Å². The standard InChI is InChI=1S/C23H24Cl2N4O/c1-16(2)28(14-19-5-4-12-26-13-19)22(30)11-10-21-17(3)27-29(23(21)25)15-18-6-8-20(24)9-7-18/h4-13,16H,14-15H2,1-3H3. The van der Waals surface area contributed by atoms with E-state index >= 15 is 0 Å². The van der Waals surface area contributed by atoms with Gasteiger partial charge in [-0.2, -0.15) is 5.10 Å². The van der Waals surface area contributed by atoms with Crippen LogP contribution in [0.1, 0.15) is 36.2 Å². The van der Waals surface area contributed by atoms with E-state index in [9.17, 15) is 4.79 Å². The molecule has 0 N–H and O–H groups in total. The number of benzene rings is 1. The number of nitrogens with zero attached hydrogens (tertiary/aromatic N) is 4. The van der Waals surface area contributed by atoms with Crippen molar-refractivity contribution in [3.63, 3.8) is 0 Å². The minimum Gasteiger partial charge on any atom is -0.332 e. The predicted octanol–water partition coefficient (Wildman–Crippen LogP) is 5.39. The molecule has 0 saturated carbocycles. The molecule has 0 aliphatic carbocycles. The molecule has 0 aliphatic heterocycles. The Morgan fingerprint density at radius 1 is 1.17 bits per heavy atom. The molecule has 2 aromatic heterocycles. The zero-order valence-electron chi connectivity index (χ0n) is 17.2. The second-order valence-corrected chi connectivity index (χ2v) is 8.12. The summed E-state index contributed by atoms with van der Waals surface area (Å²) in [6.45, 7) is 6.88. The average molecular weight is 443 g/mol. The third kappa shape index (κ3) is 5.49. The van der Waals surface area contributed by atoms with Crippen molar-refractivity contribution in [3.05, 3.63) is 87.4 Å². The highest BCUT2D eigenvalue weighted by Gasteiger charge is 2.17. The Morgan fingerprint density at radius 2 is 1.90 bits per heavy atom. The molecule has 0 saturated heterocycles. The first-order valence-electron chi connectivity index (χ1n) is 9.70. The second-order valence-electron chi connectivity index (χ2n) is 7.33. The smallest absolute Gasteiger partial charge is 0.247 e. The molecule has 1 aromatic carbocycles. The van der Waals surface area contributed by atoms with Gasteiger partial charge in [-0.05, 0) is 56.2 Å². The number of hydrogen-bond acceptors (Lipinski definition) is 3. The van der Waals surface area contributed by atoms with Gasteiger partial charge in [0, 0.05) is 41.6 Å². The molecular weight excluding hydrogens is 419 g/mol. The van der Waals surface area contributed by atoms with Crippen LogP contribution in [0.4, 0.5) is 0 Å². The lowest BCUT2D eigenvalue weighted by atomic mass is 10.2. The molecule has 30 heavy (non-hydrogen) atoms. The Bertz CT molecular complexity index is 1030. The van der Waals surface area contributed by atoms with E-state index in [0.29, 0.717) is 23.3 Å². The van der Waals surface area contributed by atoms with Gasteiger partial charge in [0.05, 0.1) is 12.2 Å². The molecule has 3 rings (SSSR count). The van der Waals surface area contributed by atoms with Crippen molar-refractivity contribution in [1.29, 1.82) is 0 Å². The Kier molecular flexibility index (Phi) is 7.29. The molecule has 0 unspecified atom stereocenters. The van der Waals surface area contributed by atoms with Crippen molar-refractivity contribution in [3.8, 4) is 0 Å². The molecule has 7 heteroatoms. The summed E-state index contributed by atoms with van der Waals surface area (Å²) in [5, 5.41) is 5.70. The van der Waals surface area contributed by atoms with Crippen LogP contribution >= 0.6 is 23.2 Å². The maximum Gasteiger partial charge on any atom is 0.247 e. The lowest BCUT2D eigenvalue weighted by Gasteiger charge is -2.25. The quantitative estimate of drug-likeness (QED) is 0.460. The maximum absolute atomic E-state index is 12.9. The van der Waals surface area contributed by atoms with E-state index in [0.717, 1.165) is 22.4 Å². The number of rotatable bonds is 7. The van der Waals surface area contributed by atoms with Crippen LogP contribution in [0.25, 0.3) is 6.08 Å². The summed E-state index contributed by atoms with van der Waals surface area (Å²) in [5.74, 6) is -0.0882. The molecule has 1 amide bonds. The van der Waals surface area contributed by atoms with E-state index in [1.54, 1.807) is 34.1 Å². The number of carbonyl (C=O) groups is 1. The zero-order valence-corrected chi connectivity index (χ0v) is 18.7.